The number of carbonyl (C=O) groups excluding carboxylic acids is 1. The fourth-order valence-electron chi connectivity index (χ4n) is 1.41. The van der Waals surface area contributed by atoms with Gasteiger partial charge in [-0.1, -0.05) is 6.92 Å². The lowest BCUT2D eigenvalue weighted by molar-refractivity contribution is -0.142. The standard InChI is InChI=1S/C12H26N2O2/c1-6-10(2)14(7-8-16-5)11(15)12(3,4)9-13/h10H,6-9,13H2,1-5H3. The molecule has 0 rings (SSSR count). The van der Waals surface area contributed by atoms with E-state index in [4.69, 9.17) is 10.5 Å². The topological polar surface area (TPSA) is 55.6 Å². The second-order valence-corrected chi connectivity index (χ2v) is 4.84. The van der Waals surface area contributed by atoms with Gasteiger partial charge >= 0.3 is 0 Å². The Hall–Kier alpha value is -0.610. The quantitative estimate of drug-likeness (QED) is 0.716. The minimum absolute atomic E-state index is 0.112. The Morgan fingerprint density at radius 2 is 2.06 bits per heavy atom. The van der Waals surface area contributed by atoms with Gasteiger partial charge in [0, 0.05) is 26.2 Å². The number of hydrogen-bond donors (Lipinski definition) is 1. The van der Waals surface area contributed by atoms with Crippen molar-refractivity contribution in [2.75, 3.05) is 26.8 Å². The Balaban J connectivity index is 4.68. The van der Waals surface area contributed by atoms with Gasteiger partial charge in [0.15, 0.2) is 0 Å². The third-order valence-corrected chi connectivity index (χ3v) is 3.01. The maximum atomic E-state index is 12.3. The van der Waals surface area contributed by atoms with E-state index in [1.165, 1.54) is 0 Å². The van der Waals surface area contributed by atoms with Crippen LogP contribution < -0.4 is 5.73 Å². The predicted octanol–water partition coefficient (Wildman–Crippen LogP) is 1.24. The molecular weight excluding hydrogens is 204 g/mol. The molecule has 16 heavy (non-hydrogen) atoms. The number of carbonyl (C=O) groups is 1. The first kappa shape index (κ1) is 15.4. The van der Waals surface area contributed by atoms with Crippen molar-refractivity contribution < 1.29 is 9.53 Å². The van der Waals surface area contributed by atoms with Gasteiger partial charge in [0.25, 0.3) is 0 Å². The summed E-state index contributed by atoms with van der Waals surface area (Å²) in [6, 6.07) is 0.230. The van der Waals surface area contributed by atoms with Crippen LogP contribution in [0.25, 0.3) is 0 Å². The SMILES string of the molecule is CCC(C)N(CCOC)C(=O)C(C)(C)CN. The molecule has 0 heterocycles. The molecule has 0 bridgehead atoms. The molecule has 1 unspecified atom stereocenters. The summed E-state index contributed by atoms with van der Waals surface area (Å²) in [5.41, 5.74) is 5.15. The molecule has 0 fully saturated rings. The van der Waals surface area contributed by atoms with E-state index < -0.39 is 5.41 Å². The molecule has 0 aliphatic carbocycles. The maximum Gasteiger partial charge on any atom is 0.229 e. The van der Waals surface area contributed by atoms with Gasteiger partial charge in [0.2, 0.25) is 5.91 Å². The lowest BCUT2D eigenvalue weighted by atomic mass is 9.91. The first-order valence-electron chi connectivity index (χ1n) is 5.90. The van der Waals surface area contributed by atoms with Crippen molar-refractivity contribution in [3.05, 3.63) is 0 Å². The average Bonchev–Trinajstić information content (AvgIpc) is 2.28. The Morgan fingerprint density at radius 3 is 2.44 bits per heavy atom. The van der Waals surface area contributed by atoms with Crippen molar-refractivity contribution in [2.45, 2.75) is 40.2 Å². The van der Waals surface area contributed by atoms with Crippen molar-refractivity contribution >= 4 is 5.91 Å². The van der Waals surface area contributed by atoms with E-state index >= 15 is 0 Å². The van der Waals surface area contributed by atoms with Crippen LogP contribution in [0.5, 0.6) is 0 Å². The van der Waals surface area contributed by atoms with Crippen LogP contribution in [0.2, 0.25) is 0 Å². The van der Waals surface area contributed by atoms with Gasteiger partial charge in [-0.3, -0.25) is 4.79 Å². The highest BCUT2D eigenvalue weighted by atomic mass is 16.5. The fraction of sp³-hybridized carbons (Fsp3) is 0.917. The molecule has 0 aliphatic heterocycles. The van der Waals surface area contributed by atoms with Crippen LogP contribution >= 0.6 is 0 Å². The van der Waals surface area contributed by atoms with E-state index in [1.54, 1.807) is 7.11 Å². The van der Waals surface area contributed by atoms with Gasteiger partial charge in [-0.15, -0.1) is 0 Å². The van der Waals surface area contributed by atoms with Crippen molar-refractivity contribution in [1.29, 1.82) is 0 Å². The van der Waals surface area contributed by atoms with Gasteiger partial charge < -0.3 is 15.4 Å². The Bertz CT molecular complexity index is 217. The number of methoxy groups -OCH3 is 1. The molecule has 0 saturated carbocycles. The highest BCUT2D eigenvalue weighted by Crippen LogP contribution is 2.19. The van der Waals surface area contributed by atoms with E-state index in [-0.39, 0.29) is 11.9 Å². The van der Waals surface area contributed by atoms with Crippen LogP contribution in [0.15, 0.2) is 0 Å². The monoisotopic (exact) mass is 230 g/mol. The molecule has 4 heteroatoms. The number of ether oxygens (including phenoxy) is 1. The molecule has 4 nitrogen and oxygen atoms in total. The van der Waals surface area contributed by atoms with Gasteiger partial charge in [0.05, 0.1) is 12.0 Å². The number of amides is 1. The molecule has 1 atom stereocenters. The summed E-state index contributed by atoms with van der Waals surface area (Å²) in [5, 5.41) is 0. The minimum atomic E-state index is -0.489. The van der Waals surface area contributed by atoms with Crippen LogP contribution in [0.4, 0.5) is 0 Å². The van der Waals surface area contributed by atoms with Crippen molar-refractivity contribution in [3.8, 4) is 0 Å². The summed E-state index contributed by atoms with van der Waals surface area (Å²) < 4.78 is 5.04. The zero-order chi connectivity index (χ0) is 12.8. The lowest BCUT2D eigenvalue weighted by Gasteiger charge is -2.35. The zero-order valence-corrected chi connectivity index (χ0v) is 11.2. The Labute approximate surface area is 99.1 Å². The Kier molecular flexibility index (Phi) is 6.60. The summed E-state index contributed by atoms with van der Waals surface area (Å²) in [6.45, 7) is 9.47. The number of nitrogens with two attached hydrogens (primary N) is 1. The molecule has 1 amide bonds. The second-order valence-electron chi connectivity index (χ2n) is 4.84. The van der Waals surface area contributed by atoms with Crippen LogP contribution in [-0.2, 0) is 9.53 Å². The fourth-order valence-corrected chi connectivity index (χ4v) is 1.41. The molecule has 0 aromatic heterocycles. The molecule has 0 saturated heterocycles. The highest BCUT2D eigenvalue weighted by Gasteiger charge is 2.32. The van der Waals surface area contributed by atoms with Crippen LogP contribution in [-0.4, -0.2) is 43.7 Å². The van der Waals surface area contributed by atoms with Crippen molar-refractivity contribution in [1.82, 2.24) is 4.90 Å². The summed E-state index contributed by atoms with van der Waals surface area (Å²) in [4.78, 5) is 14.2. The van der Waals surface area contributed by atoms with Gasteiger partial charge in [-0.25, -0.2) is 0 Å². The minimum Gasteiger partial charge on any atom is -0.383 e. The molecule has 0 aliphatic rings. The normalized spacial score (nSPS) is 13.6. The van der Waals surface area contributed by atoms with E-state index in [9.17, 15) is 4.79 Å². The van der Waals surface area contributed by atoms with Crippen LogP contribution in [0.1, 0.15) is 34.1 Å². The maximum absolute atomic E-state index is 12.3. The number of nitrogens with zero attached hydrogens (tertiary/aromatic N) is 1. The third kappa shape index (κ3) is 4.10. The number of rotatable bonds is 7. The second kappa shape index (κ2) is 6.86. The smallest absolute Gasteiger partial charge is 0.229 e. The predicted molar refractivity (Wildman–Crippen MR) is 66.2 cm³/mol. The molecular formula is C12H26N2O2. The zero-order valence-electron chi connectivity index (χ0n) is 11.2. The summed E-state index contributed by atoms with van der Waals surface area (Å²) in [6.07, 6.45) is 0.941. The first-order chi connectivity index (χ1) is 7.40. The molecule has 0 radical (unpaired) electrons. The molecule has 0 spiro atoms. The van der Waals surface area contributed by atoms with E-state index in [0.29, 0.717) is 19.7 Å². The molecule has 2 N–H and O–H groups in total. The molecule has 0 aromatic rings. The lowest BCUT2D eigenvalue weighted by Crippen LogP contribution is -2.49. The largest absolute Gasteiger partial charge is 0.383 e. The first-order valence-corrected chi connectivity index (χ1v) is 5.90. The molecule has 0 aromatic carbocycles. The summed E-state index contributed by atoms with van der Waals surface area (Å²) in [5.74, 6) is 0.112. The van der Waals surface area contributed by atoms with Gasteiger partial charge in [-0.2, -0.15) is 0 Å². The van der Waals surface area contributed by atoms with Crippen molar-refractivity contribution in [2.24, 2.45) is 11.1 Å². The number of hydrogen-bond acceptors (Lipinski definition) is 3. The van der Waals surface area contributed by atoms with Crippen molar-refractivity contribution in [3.63, 3.8) is 0 Å². The van der Waals surface area contributed by atoms with E-state index in [0.717, 1.165) is 6.42 Å². The average molecular weight is 230 g/mol. The van der Waals surface area contributed by atoms with Gasteiger partial charge in [0.1, 0.15) is 0 Å². The molecule has 96 valence electrons. The van der Waals surface area contributed by atoms with Crippen LogP contribution in [0, 0.1) is 5.41 Å². The van der Waals surface area contributed by atoms with Gasteiger partial charge in [-0.05, 0) is 27.2 Å². The third-order valence-electron chi connectivity index (χ3n) is 3.01. The Morgan fingerprint density at radius 1 is 1.50 bits per heavy atom. The van der Waals surface area contributed by atoms with Crippen LogP contribution in [0.3, 0.4) is 0 Å². The summed E-state index contributed by atoms with van der Waals surface area (Å²) >= 11 is 0. The summed E-state index contributed by atoms with van der Waals surface area (Å²) in [7, 11) is 1.65. The highest BCUT2D eigenvalue weighted by molar-refractivity contribution is 5.82. The van der Waals surface area contributed by atoms with E-state index in [1.807, 2.05) is 18.7 Å². The van der Waals surface area contributed by atoms with E-state index in [2.05, 4.69) is 13.8 Å².